The highest BCUT2D eigenvalue weighted by Crippen LogP contribution is 2.15. The van der Waals surface area contributed by atoms with Gasteiger partial charge in [-0.1, -0.05) is 30.3 Å². The molecule has 2 aromatic carbocycles. The van der Waals surface area contributed by atoms with E-state index in [1.165, 1.54) is 0 Å². The third-order valence-electron chi connectivity index (χ3n) is 3.05. The van der Waals surface area contributed by atoms with Gasteiger partial charge in [-0.2, -0.15) is 5.10 Å². The van der Waals surface area contributed by atoms with Crippen molar-refractivity contribution in [2.75, 3.05) is 0 Å². The average Bonchev–Trinajstić information content (AvgIpc) is 2.42. The number of rotatable bonds is 4. The van der Waals surface area contributed by atoms with Gasteiger partial charge in [0.2, 0.25) is 0 Å². The van der Waals surface area contributed by atoms with Crippen molar-refractivity contribution < 1.29 is 9.90 Å². The molecule has 0 unspecified atom stereocenters. The molecule has 4 nitrogen and oxygen atoms in total. The molecule has 0 aliphatic rings. The molecule has 0 spiro atoms. The number of carbonyl (C=O) groups excluding carboxylic acids is 1. The van der Waals surface area contributed by atoms with E-state index in [-0.39, 0.29) is 5.91 Å². The molecule has 4 heteroatoms. The molecule has 0 saturated carbocycles. The van der Waals surface area contributed by atoms with Gasteiger partial charge in [0.15, 0.2) is 0 Å². The summed E-state index contributed by atoms with van der Waals surface area (Å²) >= 11 is 0. The molecule has 21 heavy (non-hydrogen) atoms. The second kappa shape index (κ2) is 6.06. The number of carbonyl (C=O) groups is 1. The van der Waals surface area contributed by atoms with E-state index < -0.39 is 5.60 Å². The average molecular weight is 284 g/mol. The quantitative estimate of drug-likeness (QED) is 0.669. The lowest BCUT2D eigenvalue weighted by molar-refractivity contribution is 0.0875. The van der Waals surface area contributed by atoms with Crippen LogP contribution in [0.25, 0.3) is 10.8 Å². The van der Waals surface area contributed by atoms with Crippen LogP contribution in [0.15, 0.2) is 47.6 Å². The van der Waals surface area contributed by atoms with Crippen LogP contribution in [0.1, 0.15) is 37.6 Å². The molecular weight excluding hydrogens is 264 g/mol. The molecule has 0 aromatic heterocycles. The van der Waals surface area contributed by atoms with Crippen molar-refractivity contribution in [3.8, 4) is 0 Å². The SMILES string of the molecule is CC(CC(C)(C)O)=NNC(=O)c1ccc2ccccc2c1. The molecule has 2 aromatic rings. The molecule has 0 saturated heterocycles. The first-order valence-electron chi connectivity index (χ1n) is 6.90. The fourth-order valence-corrected chi connectivity index (χ4v) is 2.21. The summed E-state index contributed by atoms with van der Waals surface area (Å²) in [6, 6.07) is 13.4. The number of amides is 1. The largest absolute Gasteiger partial charge is 0.390 e. The molecule has 2 rings (SSSR count). The van der Waals surface area contributed by atoms with Gasteiger partial charge in [-0.15, -0.1) is 0 Å². The van der Waals surface area contributed by atoms with E-state index in [9.17, 15) is 9.90 Å². The Balaban J connectivity index is 2.10. The first kappa shape index (κ1) is 15.2. The number of aliphatic hydroxyl groups is 1. The molecule has 0 radical (unpaired) electrons. The van der Waals surface area contributed by atoms with Crippen molar-refractivity contribution in [3.63, 3.8) is 0 Å². The molecule has 0 fully saturated rings. The van der Waals surface area contributed by atoms with E-state index in [1.807, 2.05) is 36.4 Å². The Labute approximate surface area is 124 Å². The summed E-state index contributed by atoms with van der Waals surface area (Å²) in [6.07, 6.45) is 0.408. The van der Waals surface area contributed by atoms with Crippen LogP contribution in [0.5, 0.6) is 0 Å². The van der Waals surface area contributed by atoms with E-state index in [1.54, 1.807) is 26.8 Å². The van der Waals surface area contributed by atoms with Crippen molar-refractivity contribution in [2.45, 2.75) is 32.8 Å². The van der Waals surface area contributed by atoms with E-state index >= 15 is 0 Å². The number of nitrogens with one attached hydrogen (secondary N) is 1. The van der Waals surface area contributed by atoms with Crippen LogP contribution in [-0.4, -0.2) is 22.3 Å². The van der Waals surface area contributed by atoms with Crippen LogP contribution in [0, 0.1) is 0 Å². The van der Waals surface area contributed by atoms with E-state index in [0.29, 0.717) is 17.7 Å². The van der Waals surface area contributed by atoms with Crippen LogP contribution in [0.4, 0.5) is 0 Å². The van der Waals surface area contributed by atoms with Crippen LogP contribution in [0.2, 0.25) is 0 Å². The molecule has 0 aliphatic heterocycles. The smallest absolute Gasteiger partial charge is 0.271 e. The maximum atomic E-state index is 12.1. The van der Waals surface area contributed by atoms with Gasteiger partial charge in [0.1, 0.15) is 0 Å². The Morgan fingerprint density at radius 3 is 2.52 bits per heavy atom. The molecule has 1 amide bonds. The Kier molecular flexibility index (Phi) is 4.38. The molecular formula is C17H20N2O2. The number of benzene rings is 2. The summed E-state index contributed by atoms with van der Waals surface area (Å²) in [4.78, 5) is 12.1. The Hall–Kier alpha value is -2.20. The highest BCUT2D eigenvalue weighted by Gasteiger charge is 2.14. The first-order chi connectivity index (χ1) is 9.85. The number of hydrogen-bond acceptors (Lipinski definition) is 3. The summed E-state index contributed by atoms with van der Waals surface area (Å²) < 4.78 is 0. The predicted octanol–water partition coefficient (Wildman–Crippen LogP) is 3.11. The highest BCUT2D eigenvalue weighted by atomic mass is 16.3. The highest BCUT2D eigenvalue weighted by molar-refractivity contribution is 5.99. The standard InChI is InChI=1S/C17H20N2O2/c1-12(11-17(2,3)21)18-19-16(20)15-9-8-13-6-4-5-7-14(13)10-15/h4-10,21H,11H2,1-3H3,(H,19,20). The summed E-state index contributed by atoms with van der Waals surface area (Å²) in [5.41, 5.74) is 2.93. The zero-order valence-electron chi connectivity index (χ0n) is 12.6. The van der Waals surface area contributed by atoms with Gasteiger partial charge >= 0.3 is 0 Å². The van der Waals surface area contributed by atoms with E-state index in [4.69, 9.17) is 0 Å². The predicted molar refractivity (Wildman–Crippen MR) is 85.4 cm³/mol. The zero-order chi connectivity index (χ0) is 15.5. The second-order valence-corrected chi connectivity index (χ2v) is 5.84. The lowest BCUT2D eigenvalue weighted by Gasteiger charge is -2.16. The maximum Gasteiger partial charge on any atom is 0.271 e. The first-order valence-corrected chi connectivity index (χ1v) is 6.90. The third kappa shape index (κ3) is 4.39. The summed E-state index contributed by atoms with van der Waals surface area (Å²) in [7, 11) is 0. The van der Waals surface area contributed by atoms with E-state index in [0.717, 1.165) is 10.8 Å². The lowest BCUT2D eigenvalue weighted by atomic mass is 10.0. The van der Waals surface area contributed by atoms with Crippen molar-refractivity contribution in [1.82, 2.24) is 5.43 Å². The maximum absolute atomic E-state index is 12.1. The summed E-state index contributed by atoms with van der Waals surface area (Å²) in [6.45, 7) is 5.19. The van der Waals surface area contributed by atoms with Gasteiger partial charge in [0, 0.05) is 17.7 Å². The van der Waals surface area contributed by atoms with Gasteiger partial charge in [-0.05, 0) is 43.7 Å². The van der Waals surface area contributed by atoms with E-state index in [2.05, 4.69) is 10.5 Å². The fourth-order valence-electron chi connectivity index (χ4n) is 2.21. The van der Waals surface area contributed by atoms with Crippen LogP contribution >= 0.6 is 0 Å². The Morgan fingerprint density at radius 1 is 1.19 bits per heavy atom. The molecule has 2 N–H and O–H groups in total. The van der Waals surface area contributed by atoms with Gasteiger partial charge in [0.05, 0.1) is 5.60 Å². The minimum atomic E-state index is -0.832. The normalized spacial score (nSPS) is 12.5. The summed E-state index contributed by atoms with van der Waals surface area (Å²) in [5.74, 6) is -0.254. The molecule has 0 atom stereocenters. The van der Waals surface area contributed by atoms with Crippen LogP contribution in [-0.2, 0) is 0 Å². The Morgan fingerprint density at radius 2 is 1.86 bits per heavy atom. The molecule has 0 aliphatic carbocycles. The number of hydrazone groups is 1. The van der Waals surface area contributed by atoms with Gasteiger partial charge in [-0.3, -0.25) is 4.79 Å². The minimum Gasteiger partial charge on any atom is -0.390 e. The Bertz CT molecular complexity index is 684. The van der Waals surface area contributed by atoms with Crippen molar-refractivity contribution >= 4 is 22.4 Å². The molecule has 110 valence electrons. The van der Waals surface area contributed by atoms with Crippen molar-refractivity contribution in [3.05, 3.63) is 48.0 Å². The van der Waals surface area contributed by atoms with Crippen LogP contribution in [0.3, 0.4) is 0 Å². The van der Waals surface area contributed by atoms with Gasteiger partial charge < -0.3 is 5.11 Å². The summed E-state index contributed by atoms with van der Waals surface area (Å²) in [5, 5.41) is 15.8. The number of nitrogens with zero attached hydrogens (tertiary/aromatic N) is 1. The topological polar surface area (TPSA) is 61.7 Å². The van der Waals surface area contributed by atoms with Crippen LogP contribution < -0.4 is 5.43 Å². The third-order valence-corrected chi connectivity index (χ3v) is 3.05. The minimum absolute atomic E-state index is 0.254. The molecule has 0 bridgehead atoms. The lowest BCUT2D eigenvalue weighted by Crippen LogP contribution is -2.25. The fraction of sp³-hybridized carbons (Fsp3) is 0.294. The van der Waals surface area contributed by atoms with Gasteiger partial charge in [-0.25, -0.2) is 5.43 Å². The monoisotopic (exact) mass is 284 g/mol. The number of fused-ring (bicyclic) bond motifs is 1. The zero-order valence-corrected chi connectivity index (χ0v) is 12.6. The van der Waals surface area contributed by atoms with Gasteiger partial charge in [0.25, 0.3) is 5.91 Å². The van der Waals surface area contributed by atoms with Crippen molar-refractivity contribution in [1.29, 1.82) is 0 Å². The van der Waals surface area contributed by atoms with Crippen molar-refractivity contribution in [2.24, 2.45) is 5.10 Å². The number of hydrogen-bond donors (Lipinski definition) is 2. The molecule has 0 heterocycles. The second-order valence-electron chi connectivity index (χ2n) is 5.84.